The highest BCUT2D eigenvalue weighted by Gasteiger charge is 2.46. The molecule has 0 spiro atoms. The maximum atomic E-state index is 13.6. The zero-order valence-corrected chi connectivity index (χ0v) is 22.4. The third-order valence-electron chi connectivity index (χ3n) is 7.31. The van der Waals surface area contributed by atoms with E-state index in [0.29, 0.717) is 0 Å². The monoisotopic (exact) mass is 626 g/mol. The number of benzene rings is 2. The second kappa shape index (κ2) is 12.3. The lowest BCUT2D eigenvalue weighted by molar-refractivity contribution is -0.277. The number of ether oxygens (including phenoxy) is 4. The van der Waals surface area contributed by atoms with Gasteiger partial charge in [0, 0.05) is 17.7 Å². The van der Waals surface area contributed by atoms with Crippen molar-refractivity contribution < 1.29 is 79.5 Å². The molecule has 2 aromatic carbocycles. The SMILES string of the molecule is O=c1c(O[C@@H]2O[C@H](CO)[C@@H](O)[C@H](O)[C@H]2O)c(-c2ccc(O)c(O[C@@H]3O[C@H](CO)[C@@H](O)[C@H](O)[C@H]3O)c2)oc2cc(O)cc(O)c12. The summed E-state index contributed by atoms with van der Waals surface area (Å²) in [7, 11) is 0. The molecule has 0 bridgehead atoms. The van der Waals surface area contributed by atoms with Crippen molar-refractivity contribution in [2.24, 2.45) is 0 Å². The molecule has 3 heterocycles. The fourth-order valence-corrected chi connectivity index (χ4v) is 4.89. The molecule has 0 amide bonds. The van der Waals surface area contributed by atoms with Crippen LogP contribution in [0.3, 0.4) is 0 Å². The number of aliphatic hydroxyl groups excluding tert-OH is 8. The molecule has 2 aliphatic rings. The number of hydrogen-bond acceptors (Lipinski definition) is 17. The minimum atomic E-state index is -1.95. The van der Waals surface area contributed by atoms with Crippen molar-refractivity contribution in [3.8, 4) is 40.1 Å². The Kier molecular flexibility index (Phi) is 8.87. The van der Waals surface area contributed by atoms with Crippen molar-refractivity contribution in [1.82, 2.24) is 0 Å². The molecule has 0 saturated carbocycles. The summed E-state index contributed by atoms with van der Waals surface area (Å²) in [6, 6.07) is 5.20. The van der Waals surface area contributed by atoms with E-state index in [-0.39, 0.29) is 11.1 Å². The Morgan fingerprint density at radius 1 is 0.682 bits per heavy atom. The van der Waals surface area contributed by atoms with E-state index in [4.69, 9.17) is 23.4 Å². The van der Waals surface area contributed by atoms with Crippen LogP contribution in [0.5, 0.6) is 28.7 Å². The van der Waals surface area contributed by atoms with E-state index in [0.717, 1.165) is 24.3 Å². The Morgan fingerprint density at radius 3 is 1.82 bits per heavy atom. The smallest absolute Gasteiger partial charge is 0.239 e. The van der Waals surface area contributed by atoms with Gasteiger partial charge in [-0.1, -0.05) is 0 Å². The maximum absolute atomic E-state index is 13.6. The summed E-state index contributed by atoms with van der Waals surface area (Å²) in [5, 5.41) is 111. The number of aromatic hydroxyl groups is 3. The molecular weight excluding hydrogens is 596 g/mol. The fourth-order valence-electron chi connectivity index (χ4n) is 4.89. The first-order valence-corrected chi connectivity index (χ1v) is 13.2. The van der Waals surface area contributed by atoms with Gasteiger partial charge in [-0.05, 0) is 18.2 Å². The van der Waals surface area contributed by atoms with Crippen LogP contribution in [0, 0.1) is 0 Å². The van der Waals surface area contributed by atoms with E-state index in [1.165, 1.54) is 6.07 Å². The van der Waals surface area contributed by atoms with E-state index in [1.54, 1.807) is 0 Å². The molecule has 2 fully saturated rings. The summed E-state index contributed by atoms with van der Waals surface area (Å²) >= 11 is 0. The summed E-state index contributed by atoms with van der Waals surface area (Å²) < 4.78 is 27.6. The van der Waals surface area contributed by atoms with Gasteiger partial charge in [0.1, 0.15) is 71.3 Å². The van der Waals surface area contributed by atoms with Crippen molar-refractivity contribution in [2.45, 2.75) is 61.4 Å². The molecule has 0 aliphatic carbocycles. The molecule has 5 rings (SSSR count). The predicted molar refractivity (Wildman–Crippen MR) is 142 cm³/mol. The van der Waals surface area contributed by atoms with Gasteiger partial charge in [-0.25, -0.2) is 0 Å². The summed E-state index contributed by atoms with van der Waals surface area (Å²) in [5.41, 5.74) is -1.49. The molecule has 0 radical (unpaired) electrons. The van der Waals surface area contributed by atoms with Crippen LogP contribution in [0.15, 0.2) is 39.5 Å². The average molecular weight is 627 g/mol. The van der Waals surface area contributed by atoms with Gasteiger partial charge in [0.15, 0.2) is 17.3 Å². The first-order chi connectivity index (χ1) is 20.9. The lowest BCUT2D eigenvalue weighted by atomic mass is 9.99. The number of aliphatic hydroxyl groups is 8. The summed E-state index contributed by atoms with van der Waals surface area (Å²) in [5.74, 6) is -3.34. The molecule has 2 aliphatic heterocycles. The van der Waals surface area contributed by atoms with Crippen molar-refractivity contribution in [2.75, 3.05) is 13.2 Å². The van der Waals surface area contributed by atoms with Crippen LogP contribution in [-0.2, 0) is 9.47 Å². The third-order valence-corrected chi connectivity index (χ3v) is 7.31. The molecule has 17 nitrogen and oxygen atoms in total. The van der Waals surface area contributed by atoms with Crippen LogP contribution in [0.25, 0.3) is 22.3 Å². The minimum absolute atomic E-state index is 0.0937. The van der Waals surface area contributed by atoms with Crippen LogP contribution in [0.2, 0.25) is 0 Å². The zero-order valence-electron chi connectivity index (χ0n) is 22.4. The normalized spacial score (nSPS) is 32.5. The fraction of sp³-hybridized carbons (Fsp3) is 0.444. The van der Waals surface area contributed by atoms with Crippen molar-refractivity contribution in [3.05, 3.63) is 40.6 Å². The van der Waals surface area contributed by atoms with Gasteiger partial charge in [0.05, 0.1) is 13.2 Å². The van der Waals surface area contributed by atoms with Gasteiger partial charge < -0.3 is 79.5 Å². The van der Waals surface area contributed by atoms with Crippen LogP contribution in [0.1, 0.15) is 0 Å². The minimum Gasteiger partial charge on any atom is -0.508 e. The van der Waals surface area contributed by atoms with Crippen LogP contribution < -0.4 is 14.9 Å². The van der Waals surface area contributed by atoms with E-state index in [2.05, 4.69) is 0 Å². The lowest BCUT2D eigenvalue weighted by Crippen LogP contribution is -2.60. The lowest BCUT2D eigenvalue weighted by Gasteiger charge is -2.39. The van der Waals surface area contributed by atoms with Gasteiger partial charge in [-0.3, -0.25) is 4.79 Å². The Balaban J connectivity index is 1.60. The van der Waals surface area contributed by atoms with E-state index < -0.39 is 120 Å². The first kappa shape index (κ1) is 31.7. The van der Waals surface area contributed by atoms with Crippen LogP contribution in [0.4, 0.5) is 0 Å². The van der Waals surface area contributed by atoms with E-state index in [9.17, 15) is 61.0 Å². The number of fused-ring (bicyclic) bond motifs is 1. The Hall–Kier alpha value is -3.75. The second-order valence-corrected chi connectivity index (χ2v) is 10.2. The van der Waals surface area contributed by atoms with Gasteiger partial charge in [0.2, 0.25) is 23.8 Å². The molecule has 240 valence electrons. The highest BCUT2D eigenvalue weighted by Crippen LogP contribution is 2.40. The van der Waals surface area contributed by atoms with Crippen LogP contribution in [-0.4, -0.2) is 131 Å². The largest absolute Gasteiger partial charge is 0.508 e. The first-order valence-electron chi connectivity index (χ1n) is 13.2. The zero-order chi connectivity index (χ0) is 32.0. The van der Waals surface area contributed by atoms with Gasteiger partial charge in [-0.2, -0.15) is 0 Å². The number of phenolic OH excluding ortho intramolecular Hbond substituents is 3. The molecule has 2 saturated heterocycles. The van der Waals surface area contributed by atoms with E-state index >= 15 is 0 Å². The topological polar surface area (TPSA) is 290 Å². The van der Waals surface area contributed by atoms with Crippen molar-refractivity contribution in [3.63, 3.8) is 0 Å². The molecule has 17 heteroatoms. The highest BCUT2D eigenvalue weighted by molar-refractivity contribution is 5.88. The summed E-state index contributed by atoms with van der Waals surface area (Å²) in [6.45, 7) is -1.56. The summed E-state index contributed by atoms with van der Waals surface area (Å²) in [6.07, 6.45) is -17.2. The highest BCUT2D eigenvalue weighted by atomic mass is 16.7. The van der Waals surface area contributed by atoms with Crippen molar-refractivity contribution in [1.29, 1.82) is 0 Å². The van der Waals surface area contributed by atoms with Gasteiger partial charge >= 0.3 is 0 Å². The van der Waals surface area contributed by atoms with Crippen molar-refractivity contribution >= 4 is 11.0 Å². The standard InChI is InChI=1S/C27H30O17/c28-6-14-17(33)20(36)22(38)26(42-14)41-12-3-8(1-2-10(12)31)24-25(19(35)16-11(32)4-9(30)5-13(16)40-24)44-27-23(39)21(37)18(34)15(7-29)43-27/h1-5,14-15,17-18,20-23,26-34,36-39H,6-7H2/t14-,15-,17-,18-,20+,21+,22-,23-,26-,27+/m1/s1. The predicted octanol–water partition coefficient (Wildman–Crippen LogP) is -3.07. The Bertz CT molecular complexity index is 1550. The molecular formula is C27H30O17. The number of hydrogen-bond donors (Lipinski definition) is 11. The molecule has 11 N–H and O–H groups in total. The Morgan fingerprint density at radius 2 is 1.25 bits per heavy atom. The molecule has 3 aromatic rings. The summed E-state index contributed by atoms with van der Waals surface area (Å²) in [4.78, 5) is 13.6. The van der Waals surface area contributed by atoms with Gasteiger partial charge in [0.25, 0.3) is 0 Å². The van der Waals surface area contributed by atoms with E-state index in [1.807, 2.05) is 0 Å². The third kappa shape index (κ3) is 5.61. The number of rotatable bonds is 7. The molecule has 44 heavy (non-hydrogen) atoms. The number of phenols is 3. The second-order valence-electron chi connectivity index (χ2n) is 10.2. The van der Waals surface area contributed by atoms with Gasteiger partial charge in [-0.15, -0.1) is 0 Å². The maximum Gasteiger partial charge on any atom is 0.239 e. The average Bonchev–Trinajstić information content (AvgIpc) is 2.99. The molecule has 1 aromatic heterocycles. The molecule has 0 unspecified atom stereocenters. The Labute approximate surface area is 246 Å². The molecule has 10 atom stereocenters. The van der Waals surface area contributed by atoms with Crippen LogP contribution >= 0.6 is 0 Å². The quantitative estimate of drug-likeness (QED) is 0.124.